The summed E-state index contributed by atoms with van der Waals surface area (Å²) >= 11 is 3.58. The van der Waals surface area contributed by atoms with Gasteiger partial charge in [-0.2, -0.15) is 0 Å². The van der Waals surface area contributed by atoms with E-state index in [0.717, 1.165) is 30.5 Å². The molecule has 1 saturated heterocycles. The molecule has 1 aromatic rings. The van der Waals surface area contributed by atoms with Crippen LogP contribution in [0.4, 0.5) is 5.69 Å². The van der Waals surface area contributed by atoms with Crippen LogP contribution in [0.5, 0.6) is 0 Å². The maximum Gasteiger partial charge on any atom is 0.0486 e. The third-order valence-corrected chi connectivity index (χ3v) is 3.36. The van der Waals surface area contributed by atoms with Gasteiger partial charge in [0.2, 0.25) is 0 Å². The molecule has 1 N–H and O–H groups in total. The van der Waals surface area contributed by atoms with Gasteiger partial charge >= 0.3 is 0 Å². The lowest BCUT2D eigenvalue weighted by atomic mass is 10.1. The van der Waals surface area contributed by atoms with E-state index in [1.54, 1.807) is 0 Å². The fraction of sp³-hybridized carbons (Fsp3) is 0.500. The molecule has 0 unspecified atom stereocenters. The fourth-order valence-electron chi connectivity index (χ4n) is 1.80. The molecule has 82 valence electrons. The molecule has 2 nitrogen and oxygen atoms in total. The minimum Gasteiger partial charge on any atom is -0.381 e. The summed E-state index contributed by atoms with van der Waals surface area (Å²) in [6, 6.07) is 6.96. The Kier molecular flexibility index (Phi) is 3.65. The molecule has 0 atom stereocenters. The van der Waals surface area contributed by atoms with E-state index in [4.69, 9.17) is 4.74 Å². The predicted molar refractivity (Wildman–Crippen MR) is 66.3 cm³/mol. The van der Waals surface area contributed by atoms with Crippen molar-refractivity contribution in [2.24, 2.45) is 0 Å². The average Bonchev–Trinajstić information content (AvgIpc) is 2.24. The number of rotatable bonds is 2. The number of halogens is 1. The van der Waals surface area contributed by atoms with Crippen LogP contribution in [0.15, 0.2) is 22.7 Å². The molecule has 0 aromatic heterocycles. The SMILES string of the molecule is Cc1ccc(NC2CCOCC2)c(Br)c1. The van der Waals surface area contributed by atoms with Gasteiger partial charge in [-0.25, -0.2) is 0 Å². The number of nitrogens with one attached hydrogen (secondary N) is 1. The molecular weight excluding hydrogens is 254 g/mol. The van der Waals surface area contributed by atoms with E-state index >= 15 is 0 Å². The van der Waals surface area contributed by atoms with E-state index in [1.165, 1.54) is 11.3 Å². The maximum absolute atomic E-state index is 5.34. The molecular formula is C12H16BrNO. The standard InChI is InChI=1S/C12H16BrNO/c1-9-2-3-12(11(13)8-9)14-10-4-6-15-7-5-10/h2-3,8,10,14H,4-7H2,1H3. The van der Waals surface area contributed by atoms with Crippen molar-refractivity contribution in [2.45, 2.75) is 25.8 Å². The highest BCUT2D eigenvalue weighted by Crippen LogP contribution is 2.25. The van der Waals surface area contributed by atoms with Gasteiger partial charge in [-0.05, 0) is 53.4 Å². The third kappa shape index (κ3) is 2.95. The van der Waals surface area contributed by atoms with Gasteiger partial charge in [0, 0.05) is 29.4 Å². The topological polar surface area (TPSA) is 21.3 Å². The highest BCUT2D eigenvalue weighted by Gasteiger charge is 2.14. The Bertz CT molecular complexity index is 334. The molecule has 1 heterocycles. The summed E-state index contributed by atoms with van der Waals surface area (Å²) in [6.07, 6.45) is 2.20. The molecule has 1 aliphatic heterocycles. The van der Waals surface area contributed by atoms with Crippen molar-refractivity contribution in [3.8, 4) is 0 Å². The van der Waals surface area contributed by atoms with Gasteiger partial charge in [0.05, 0.1) is 0 Å². The first-order valence-electron chi connectivity index (χ1n) is 5.36. The fourth-order valence-corrected chi connectivity index (χ4v) is 2.41. The quantitative estimate of drug-likeness (QED) is 0.889. The highest BCUT2D eigenvalue weighted by molar-refractivity contribution is 9.10. The van der Waals surface area contributed by atoms with E-state index in [1.807, 2.05) is 0 Å². The molecule has 0 spiro atoms. The normalized spacial score (nSPS) is 17.7. The van der Waals surface area contributed by atoms with Crippen molar-refractivity contribution in [3.63, 3.8) is 0 Å². The summed E-state index contributed by atoms with van der Waals surface area (Å²) in [5.74, 6) is 0. The van der Waals surface area contributed by atoms with Gasteiger partial charge in [0.25, 0.3) is 0 Å². The minimum absolute atomic E-state index is 0.553. The van der Waals surface area contributed by atoms with E-state index < -0.39 is 0 Å². The second-order valence-corrected chi connectivity index (χ2v) is 4.87. The van der Waals surface area contributed by atoms with Crippen molar-refractivity contribution in [2.75, 3.05) is 18.5 Å². The van der Waals surface area contributed by atoms with Gasteiger partial charge in [-0.1, -0.05) is 6.07 Å². The monoisotopic (exact) mass is 269 g/mol. The highest BCUT2D eigenvalue weighted by atomic mass is 79.9. The average molecular weight is 270 g/mol. The molecule has 0 bridgehead atoms. The molecule has 1 aliphatic rings. The number of ether oxygens (including phenoxy) is 1. The van der Waals surface area contributed by atoms with E-state index in [9.17, 15) is 0 Å². The summed E-state index contributed by atoms with van der Waals surface area (Å²) in [6.45, 7) is 3.85. The van der Waals surface area contributed by atoms with Crippen LogP contribution >= 0.6 is 15.9 Å². The third-order valence-electron chi connectivity index (χ3n) is 2.71. The van der Waals surface area contributed by atoms with Crippen molar-refractivity contribution >= 4 is 21.6 Å². The zero-order valence-electron chi connectivity index (χ0n) is 8.92. The van der Waals surface area contributed by atoms with Gasteiger partial charge in [-0.15, -0.1) is 0 Å². The van der Waals surface area contributed by atoms with Crippen molar-refractivity contribution < 1.29 is 4.74 Å². The first-order chi connectivity index (χ1) is 7.25. The van der Waals surface area contributed by atoms with E-state index in [2.05, 4.69) is 46.4 Å². The van der Waals surface area contributed by atoms with Crippen molar-refractivity contribution in [1.29, 1.82) is 0 Å². The molecule has 0 aliphatic carbocycles. The van der Waals surface area contributed by atoms with Gasteiger partial charge in [0.1, 0.15) is 0 Å². The maximum atomic E-state index is 5.34. The van der Waals surface area contributed by atoms with Crippen LogP contribution in [-0.4, -0.2) is 19.3 Å². The second kappa shape index (κ2) is 4.99. The predicted octanol–water partition coefficient (Wildman–Crippen LogP) is 3.35. The summed E-state index contributed by atoms with van der Waals surface area (Å²) in [5.41, 5.74) is 2.46. The molecule has 0 radical (unpaired) electrons. The van der Waals surface area contributed by atoms with Crippen molar-refractivity contribution in [3.05, 3.63) is 28.2 Å². The minimum atomic E-state index is 0.553. The van der Waals surface area contributed by atoms with Crippen LogP contribution in [0.2, 0.25) is 0 Å². The Morgan fingerprint density at radius 1 is 1.33 bits per heavy atom. The molecule has 0 saturated carbocycles. The molecule has 1 aromatic carbocycles. The summed E-state index contributed by atoms with van der Waals surface area (Å²) < 4.78 is 6.48. The smallest absolute Gasteiger partial charge is 0.0486 e. The van der Waals surface area contributed by atoms with E-state index in [0.29, 0.717) is 6.04 Å². The Labute approximate surface area is 99.1 Å². The molecule has 3 heteroatoms. The van der Waals surface area contributed by atoms with Crippen LogP contribution in [0.25, 0.3) is 0 Å². The van der Waals surface area contributed by atoms with Crippen LogP contribution in [0, 0.1) is 6.92 Å². The molecule has 2 rings (SSSR count). The van der Waals surface area contributed by atoms with Crippen LogP contribution < -0.4 is 5.32 Å². The largest absolute Gasteiger partial charge is 0.381 e. The van der Waals surface area contributed by atoms with Crippen LogP contribution in [0.3, 0.4) is 0 Å². The molecule has 1 fully saturated rings. The lowest BCUT2D eigenvalue weighted by molar-refractivity contribution is 0.0904. The Balaban J connectivity index is 2.03. The summed E-state index contributed by atoms with van der Waals surface area (Å²) in [5, 5.41) is 3.55. The van der Waals surface area contributed by atoms with Crippen molar-refractivity contribution in [1.82, 2.24) is 0 Å². The second-order valence-electron chi connectivity index (χ2n) is 4.01. The number of aryl methyl sites for hydroxylation is 1. The van der Waals surface area contributed by atoms with Crippen LogP contribution in [-0.2, 0) is 4.74 Å². The summed E-state index contributed by atoms with van der Waals surface area (Å²) in [4.78, 5) is 0. The van der Waals surface area contributed by atoms with Gasteiger partial charge in [-0.3, -0.25) is 0 Å². The number of anilines is 1. The first-order valence-corrected chi connectivity index (χ1v) is 6.15. The Morgan fingerprint density at radius 3 is 2.73 bits per heavy atom. The Hall–Kier alpha value is -0.540. The van der Waals surface area contributed by atoms with Gasteiger partial charge < -0.3 is 10.1 Å². The molecule has 15 heavy (non-hydrogen) atoms. The molecule has 0 amide bonds. The number of hydrogen-bond acceptors (Lipinski definition) is 2. The lowest BCUT2D eigenvalue weighted by Gasteiger charge is -2.24. The number of benzene rings is 1. The zero-order valence-corrected chi connectivity index (χ0v) is 10.5. The van der Waals surface area contributed by atoms with Crippen LogP contribution in [0.1, 0.15) is 18.4 Å². The lowest BCUT2D eigenvalue weighted by Crippen LogP contribution is -2.27. The summed E-state index contributed by atoms with van der Waals surface area (Å²) in [7, 11) is 0. The number of hydrogen-bond donors (Lipinski definition) is 1. The Morgan fingerprint density at radius 2 is 2.07 bits per heavy atom. The first kappa shape index (κ1) is 11.0. The van der Waals surface area contributed by atoms with E-state index in [-0.39, 0.29) is 0 Å². The zero-order chi connectivity index (χ0) is 10.7. The van der Waals surface area contributed by atoms with Gasteiger partial charge in [0.15, 0.2) is 0 Å².